The summed E-state index contributed by atoms with van der Waals surface area (Å²) < 4.78 is 15.2. The number of carbonyl (C=O) groups excluding carboxylic acids is 1. The SMILES string of the molecule is O=Cc1cc(F)ccc1N1CCn2ccnc2C1. The lowest BCUT2D eigenvalue weighted by Gasteiger charge is -2.30. The molecule has 0 unspecified atom stereocenters. The lowest BCUT2D eigenvalue weighted by molar-refractivity contribution is 0.112. The van der Waals surface area contributed by atoms with Crippen LogP contribution in [0.4, 0.5) is 10.1 Å². The first-order valence-corrected chi connectivity index (χ1v) is 5.77. The molecule has 2 heterocycles. The Labute approximate surface area is 104 Å². The van der Waals surface area contributed by atoms with Gasteiger partial charge in [-0.15, -0.1) is 0 Å². The summed E-state index contributed by atoms with van der Waals surface area (Å²) in [5.74, 6) is 0.571. The molecule has 0 saturated carbocycles. The van der Waals surface area contributed by atoms with Gasteiger partial charge in [-0.05, 0) is 18.2 Å². The first kappa shape index (κ1) is 11.0. The number of aromatic nitrogens is 2. The van der Waals surface area contributed by atoms with E-state index >= 15 is 0 Å². The van der Waals surface area contributed by atoms with Crippen LogP contribution >= 0.6 is 0 Å². The van der Waals surface area contributed by atoms with Gasteiger partial charge in [-0.3, -0.25) is 4.79 Å². The van der Waals surface area contributed by atoms with Crippen molar-refractivity contribution in [1.29, 1.82) is 0 Å². The molecule has 0 bridgehead atoms. The van der Waals surface area contributed by atoms with E-state index in [0.29, 0.717) is 18.4 Å². The van der Waals surface area contributed by atoms with Crippen LogP contribution in [0.25, 0.3) is 0 Å². The van der Waals surface area contributed by atoms with Gasteiger partial charge in [-0.2, -0.15) is 0 Å². The molecule has 2 aromatic rings. The number of imidazole rings is 1. The molecule has 0 atom stereocenters. The molecule has 0 aliphatic carbocycles. The van der Waals surface area contributed by atoms with Gasteiger partial charge in [-0.25, -0.2) is 9.37 Å². The summed E-state index contributed by atoms with van der Waals surface area (Å²) in [6.07, 6.45) is 4.40. The number of rotatable bonds is 2. The second kappa shape index (κ2) is 4.25. The van der Waals surface area contributed by atoms with E-state index in [4.69, 9.17) is 0 Å². The highest BCUT2D eigenvalue weighted by atomic mass is 19.1. The number of halogens is 1. The molecular formula is C13H12FN3O. The quantitative estimate of drug-likeness (QED) is 0.758. The highest BCUT2D eigenvalue weighted by Gasteiger charge is 2.19. The number of nitrogens with zero attached hydrogens (tertiary/aromatic N) is 3. The molecule has 92 valence electrons. The van der Waals surface area contributed by atoms with Crippen molar-refractivity contribution in [2.24, 2.45) is 0 Å². The van der Waals surface area contributed by atoms with Crippen LogP contribution in [0, 0.1) is 5.82 Å². The van der Waals surface area contributed by atoms with Crippen molar-refractivity contribution >= 4 is 12.0 Å². The molecule has 0 saturated heterocycles. The van der Waals surface area contributed by atoms with Gasteiger partial charge in [0.2, 0.25) is 0 Å². The van der Waals surface area contributed by atoms with Gasteiger partial charge in [0.05, 0.1) is 6.54 Å². The predicted molar refractivity (Wildman–Crippen MR) is 65.1 cm³/mol. The Morgan fingerprint density at radius 2 is 2.22 bits per heavy atom. The number of aldehydes is 1. The van der Waals surface area contributed by atoms with E-state index in [1.807, 2.05) is 11.1 Å². The molecule has 1 aliphatic rings. The number of benzene rings is 1. The fourth-order valence-corrected chi connectivity index (χ4v) is 2.29. The summed E-state index contributed by atoms with van der Waals surface area (Å²) in [5, 5.41) is 0. The van der Waals surface area contributed by atoms with E-state index in [0.717, 1.165) is 24.6 Å². The number of carbonyl (C=O) groups is 1. The summed E-state index contributed by atoms with van der Waals surface area (Å²) in [6.45, 7) is 2.25. The summed E-state index contributed by atoms with van der Waals surface area (Å²) in [5.41, 5.74) is 1.15. The molecule has 1 aromatic carbocycles. The van der Waals surface area contributed by atoms with Crippen LogP contribution < -0.4 is 4.90 Å². The molecule has 0 amide bonds. The minimum Gasteiger partial charge on any atom is -0.362 e. The normalized spacial score (nSPS) is 14.4. The minimum atomic E-state index is -0.389. The van der Waals surface area contributed by atoms with Crippen molar-refractivity contribution < 1.29 is 9.18 Å². The smallest absolute Gasteiger partial charge is 0.152 e. The monoisotopic (exact) mass is 245 g/mol. The molecular weight excluding hydrogens is 233 g/mol. The highest BCUT2D eigenvalue weighted by molar-refractivity contribution is 5.84. The van der Waals surface area contributed by atoms with E-state index in [-0.39, 0.29) is 5.82 Å². The van der Waals surface area contributed by atoms with Gasteiger partial charge < -0.3 is 9.47 Å². The Balaban J connectivity index is 1.95. The highest BCUT2D eigenvalue weighted by Crippen LogP contribution is 2.24. The van der Waals surface area contributed by atoms with Crippen molar-refractivity contribution in [1.82, 2.24) is 9.55 Å². The van der Waals surface area contributed by atoms with Gasteiger partial charge in [0, 0.05) is 36.7 Å². The Morgan fingerprint density at radius 1 is 1.33 bits per heavy atom. The van der Waals surface area contributed by atoms with Crippen LogP contribution in [-0.4, -0.2) is 22.4 Å². The second-order valence-corrected chi connectivity index (χ2v) is 4.28. The fourth-order valence-electron chi connectivity index (χ4n) is 2.29. The van der Waals surface area contributed by atoms with Crippen molar-refractivity contribution in [2.45, 2.75) is 13.1 Å². The van der Waals surface area contributed by atoms with E-state index in [1.54, 1.807) is 12.3 Å². The summed E-state index contributed by atoms with van der Waals surface area (Å²) >= 11 is 0. The standard InChI is InChI=1S/C13H12FN3O/c14-11-1-2-12(10(7-11)9-18)17-6-5-16-4-3-15-13(16)8-17/h1-4,7,9H,5-6,8H2. The van der Waals surface area contributed by atoms with Gasteiger partial charge in [0.25, 0.3) is 0 Å². The third-order valence-corrected chi connectivity index (χ3v) is 3.20. The number of hydrogen-bond donors (Lipinski definition) is 0. The van der Waals surface area contributed by atoms with Gasteiger partial charge in [0.15, 0.2) is 6.29 Å². The zero-order chi connectivity index (χ0) is 12.5. The van der Waals surface area contributed by atoms with Crippen LogP contribution in [0.15, 0.2) is 30.6 Å². The maximum atomic E-state index is 13.1. The number of hydrogen-bond acceptors (Lipinski definition) is 3. The average molecular weight is 245 g/mol. The molecule has 0 spiro atoms. The number of anilines is 1. The average Bonchev–Trinajstić information content (AvgIpc) is 2.85. The molecule has 1 aromatic heterocycles. The molecule has 3 rings (SSSR count). The first-order valence-electron chi connectivity index (χ1n) is 5.77. The maximum absolute atomic E-state index is 13.1. The Bertz CT molecular complexity index is 594. The Hall–Kier alpha value is -2.17. The molecule has 0 N–H and O–H groups in total. The summed E-state index contributed by atoms with van der Waals surface area (Å²) in [6, 6.07) is 4.30. The van der Waals surface area contributed by atoms with Gasteiger partial charge in [0.1, 0.15) is 11.6 Å². The van der Waals surface area contributed by atoms with Crippen molar-refractivity contribution in [2.75, 3.05) is 11.4 Å². The van der Waals surface area contributed by atoms with Crippen LogP contribution in [0.1, 0.15) is 16.2 Å². The molecule has 5 heteroatoms. The molecule has 4 nitrogen and oxygen atoms in total. The van der Waals surface area contributed by atoms with E-state index in [9.17, 15) is 9.18 Å². The topological polar surface area (TPSA) is 38.1 Å². The summed E-state index contributed by atoms with van der Waals surface area (Å²) in [4.78, 5) is 17.3. The fraction of sp³-hybridized carbons (Fsp3) is 0.231. The molecule has 0 fully saturated rings. The maximum Gasteiger partial charge on any atom is 0.152 e. The van der Waals surface area contributed by atoms with Gasteiger partial charge >= 0.3 is 0 Å². The van der Waals surface area contributed by atoms with Crippen LogP contribution in [0.3, 0.4) is 0 Å². The zero-order valence-corrected chi connectivity index (χ0v) is 9.71. The lowest BCUT2D eigenvalue weighted by Crippen LogP contribution is -2.34. The lowest BCUT2D eigenvalue weighted by atomic mass is 10.1. The Morgan fingerprint density at radius 3 is 3.06 bits per heavy atom. The van der Waals surface area contributed by atoms with Crippen molar-refractivity contribution in [3.8, 4) is 0 Å². The third kappa shape index (κ3) is 1.77. The van der Waals surface area contributed by atoms with E-state index < -0.39 is 0 Å². The van der Waals surface area contributed by atoms with Crippen molar-refractivity contribution in [3.63, 3.8) is 0 Å². The van der Waals surface area contributed by atoms with Crippen LogP contribution in [-0.2, 0) is 13.1 Å². The molecule has 1 aliphatic heterocycles. The van der Waals surface area contributed by atoms with Crippen LogP contribution in [0.5, 0.6) is 0 Å². The Kier molecular flexibility index (Phi) is 2.59. The minimum absolute atomic E-state index is 0.384. The number of fused-ring (bicyclic) bond motifs is 1. The third-order valence-electron chi connectivity index (χ3n) is 3.20. The van der Waals surface area contributed by atoms with E-state index in [2.05, 4.69) is 9.55 Å². The first-order chi connectivity index (χ1) is 8.78. The van der Waals surface area contributed by atoms with Gasteiger partial charge in [-0.1, -0.05) is 0 Å². The molecule has 0 radical (unpaired) electrons. The summed E-state index contributed by atoms with van der Waals surface area (Å²) in [7, 11) is 0. The molecule has 18 heavy (non-hydrogen) atoms. The van der Waals surface area contributed by atoms with Crippen LogP contribution in [0.2, 0.25) is 0 Å². The largest absolute Gasteiger partial charge is 0.362 e. The van der Waals surface area contributed by atoms with E-state index in [1.165, 1.54) is 12.1 Å². The second-order valence-electron chi connectivity index (χ2n) is 4.28. The zero-order valence-electron chi connectivity index (χ0n) is 9.71. The van der Waals surface area contributed by atoms with Crippen molar-refractivity contribution in [3.05, 3.63) is 47.8 Å². The predicted octanol–water partition coefficient (Wildman–Crippen LogP) is 1.85.